The predicted octanol–water partition coefficient (Wildman–Crippen LogP) is 3.18. The van der Waals surface area contributed by atoms with E-state index in [4.69, 9.17) is 0 Å². The van der Waals surface area contributed by atoms with Crippen LogP contribution in [0.25, 0.3) is 0 Å². The monoisotopic (exact) mass is 312 g/mol. The Morgan fingerprint density at radius 2 is 2.06 bits per heavy atom. The third-order valence-electron chi connectivity index (χ3n) is 1.75. The minimum atomic E-state index is -4.84. The number of hydrogen-bond acceptors (Lipinski definition) is 3. The van der Waals surface area contributed by atoms with E-state index in [1.165, 1.54) is 19.2 Å². The molecule has 17 heavy (non-hydrogen) atoms. The number of ketones is 1. The number of alkyl halides is 3. The third-order valence-corrected chi connectivity index (χ3v) is 2.24. The molecule has 0 aliphatic heterocycles. The second kappa shape index (κ2) is 5.50. The Hall–Kier alpha value is -1.08. The Labute approximate surface area is 104 Å². The molecule has 0 spiro atoms. The van der Waals surface area contributed by atoms with E-state index in [0.29, 0.717) is 4.47 Å². The van der Waals surface area contributed by atoms with Gasteiger partial charge in [0.15, 0.2) is 5.78 Å². The zero-order valence-corrected chi connectivity index (χ0v) is 10.3. The van der Waals surface area contributed by atoms with Crippen LogP contribution < -0.4 is 4.74 Å². The maximum atomic E-state index is 12.1. The fraction of sp³-hybridized carbons (Fsp3) is 0.300. The number of carbonyl (C=O) groups is 1. The number of carbonyl (C=O) groups excluding carboxylic acids is 1. The zero-order valence-electron chi connectivity index (χ0n) is 8.68. The molecule has 0 aliphatic rings. The van der Waals surface area contributed by atoms with Gasteiger partial charge in [-0.1, -0.05) is 15.9 Å². The number of methoxy groups -OCH3 is 1. The van der Waals surface area contributed by atoms with Crippen molar-refractivity contribution in [2.24, 2.45) is 0 Å². The number of ether oxygens (including phenoxy) is 2. The highest BCUT2D eigenvalue weighted by Crippen LogP contribution is 2.29. The van der Waals surface area contributed by atoms with Gasteiger partial charge in [-0.2, -0.15) is 0 Å². The zero-order chi connectivity index (χ0) is 13.1. The Balaban J connectivity index is 3.08. The van der Waals surface area contributed by atoms with Crippen LogP contribution >= 0.6 is 15.9 Å². The van der Waals surface area contributed by atoms with Crippen molar-refractivity contribution < 1.29 is 27.4 Å². The van der Waals surface area contributed by atoms with Crippen molar-refractivity contribution in [1.29, 1.82) is 0 Å². The van der Waals surface area contributed by atoms with E-state index in [0.717, 1.165) is 6.07 Å². The highest BCUT2D eigenvalue weighted by molar-refractivity contribution is 9.10. The van der Waals surface area contributed by atoms with Crippen LogP contribution in [-0.2, 0) is 4.74 Å². The summed E-state index contributed by atoms with van der Waals surface area (Å²) in [4.78, 5) is 11.5. The molecule has 1 rings (SSSR count). The SMILES string of the molecule is COCC(=O)c1ccc(Br)cc1OC(F)(F)F. The molecule has 7 heteroatoms. The van der Waals surface area contributed by atoms with E-state index in [1.807, 2.05) is 0 Å². The molecule has 0 saturated heterocycles. The first kappa shape index (κ1) is 14.0. The Morgan fingerprint density at radius 3 is 2.59 bits per heavy atom. The average Bonchev–Trinajstić information content (AvgIpc) is 2.15. The molecular formula is C10H8BrF3O3. The first-order valence-corrected chi connectivity index (χ1v) is 5.20. The van der Waals surface area contributed by atoms with Crippen molar-refractivity contribution in [3.63, 3.8) is 0 Å². The van der Waals surface area contributed by atoms with Gasteiger partial charge in [0.05, 0.1) is 5.56 Å². The van der Waals surface area contributed by atoms with Gasteiger partial charge in [0.2, 0.25) is 0 Å². The lowest BCUT2D eigenvalue weighted by Crippen LogP contribution is -2.20. The molecule has 0 unspecified atom stereocenters. The van der Waals surface area contributed by atoms with Gasteiger partial charge in [-0.3, -0.25) is 4.79 Å². The molecule has 94 valence electrons. The minimum Gasteiger partial charge on any atom is -0.405 e. The Bertz CT molecular complexity index is 418. The summed E-state index contributed by atoms with van der Waals surface area (Å²) >= 11 is 3.00. The summed E-state index contributed by atoms with van der Waals surface area (Å²) in [6, 6.07) is 3.77. The van der Waals surface area contributed by atoms with E-state index in [9.17, 15) is 18.0 Å². The van der Waals surface area contributed by atoms with Crippen LogP contribution in [0.3, 0.4) is 0 Å². The predicted molar refractivity (Wildman–Crippen MR) is 57.0 cm³/mol. The number of halogens is 4. The van der Waals surface area contributed by atoms with Crippen LogP contribution in [0.4, 0.5) is 13.2 Å². The fourth-order valence-electron chi connectivity index (χ4n) is 1.14. The van der Waals surface area contributed by atoms with Crippen LogP contribution in [0.15, 0.2) is 22.7 Å². The average molecular weight is 313 g/mol. The summed E-state index contributed by atoms with van der Waals surface area (Å²) in [5.41, 5.74) is -0.174. The molecule has 0 saturated carbocycles. The lowest BCUT2D eigenvalue weighted by molar-refractivity contribution is -0.274. The van der Waals surface area contributed by atoms with Crippen LogP contribution in [-0.4, -0.2) is 25.9 Å². The number of Topliss-reactive ketones (excluding diaryl/α,β-unsaturated/α-hetero) is 1. The summed E-state index contributed by atoms with van der Waals surface area (Å²) in [5.74, 6) is -1.13. The van der Waals surface area contributed by atoms with E-state index >= 15 is 0 Å². The van der Waals surface area contributed by atoms with Gasteiger partial charge in [-0.05, 0) is 18.2 Å². The highest BCUT2D eigenvalue weighted by atomic mass is 79.9. The standard InChI is InChI=1S/C10H8BrF3O3/c1-16-5-8(15)7-3-2-6(11)4-9(7)17-10(12,13)14/h2-4H,5H2,1H3. The van der Waals surface area contributed by atoms with Gasteiger partial charge in [-0.25, -0.2) is 0 Å². The van der Waals surface area contributed by atoms with Crippen LogP contribution in [0, 0.1) is 0 Å². The summed E-state index contributed by atoms with van der Waals surface area (Å²) in [6.45, 7) is -0.310. The van der Waals surface area contributed by atoms with Crippen LogP contribution in [0.1, 0.15) is 10.4 Å². The van der Waals surface area contributed by atoms with Crippen molar-refractivity contribution in [3.8, 4) is 5.75 Å². The second-order valence-corrected chi connectivity index (χ2v) is 3.96. The molecule has 0 radical (unpaired) electrons. The van der Waals surface area contributed by atoms with Gasteiger partial charge in [-0.15, -0.1) is 13.2 Å². The topological polar surface area (TPSA) is 35.5 Å². The summed E-state index contributed by atoms with van der Waals surface area (Å²) in [6.07, 6.45) is -4.84. The van der Waals surface area contributed by atoms with Crippen molar-refractivity contribution >= 4 is 21.7 Å². The van der Waals surface area contributed by atoms with Crippen molar-refractivity contribution in [3.05, 3.63) is 28.2 Å². The lowest BCUT2D eigenvalue weighted by atomic mass is 10.1. The van der Waals surface area contributed by atoms with Crippen LogP contribution in [0.5, 0.6) is 5.75 Å². The summed E-state index contributed by atoms with van der Waals surface area (Å²) < 4.78 is 45.1. The Morgan fingerprint density at radius 1 is 1.41 bits per heavy atom. The van der Waals surface area contributed by atoms with Crippen molar-refractivity contribution in [1.82, 2.24) is 0 Å². The molecule has 0 amide bonds. The quantitative estimate of drug-likeness (QED) is 0.801. The molecule has 0 heterocycles. The molecule has 0 aromatic heterocycles. The first-order chi connectivity index (χ1) is 7.83. The second-order valence-electron chi connectivity index (χ2n) is 3.04. The summed E-state index contributed by atoms with van der Waals surface area (Å²) in [7, 11) is 1.28. The van der Waals surface area contributed by atoms with E-state index in [-0.39, 0.29) is 12.2 Å². The molecule has 0 bridgehead atoms. The van der Waals surface area contributed by atoms with Crippen molar-refractivity contribution in [2.45, 2.75) is 6.36 Å². The maximum Gasteiger partial charge on any atom is 0.573 e. The van der Waals surface area contributed by atoms with Crippen LogP contribution in [0.2, 0.25) is 0 Å². The number of benzene rings is 1. The minimum absolute atomic E-state index is 0.174. The molecule has 0 N–H and O–H groups in total. The lowest BCUT2D eigenvalue weighted by Gasteiger charge is -2.12. The molecule has 1 aromatic carbocycles. The van der Waals surface area contributed by atoms with Gasteiger partial charge in [0.25, 0.3) is 0 Å². The largest absolute Gasteiger partial charge is 0.573 e. The van der Waals surface area contributed by atoms with Gasteiger partial charge in [0.1, 0.15) is 12.4 Å². The molecule has 0 fully saturated rings. The molecule has 1 aromatic rings. The fourth-order valence-corrected chi connectivity index (χ4v) is 1.48. The van der Waals surface area contributed by atoms with E-state index in [2.05, 4.69) is 25.4 Å². The smallest absolute Gasteiger partial charge is 0.405 e. The number of hydrogen-bond donors (Lipinski definition) is 0. The highest BCUT2D eigenvalue weighted by Gasteiger charge is 2.33. The van der Waals surface area contributed by atoms with Gasteiger partial charge in [0, 0.05) is 11.6 Å². The van der Waals surface area contributed by atoms with E-state index in [1.54, 1.807) is 0 Å². The van der Waals surface area contributed by atoms with Gasteiger partial charge >= 0.3 is 6.36 Å². The third kappa shape index (κ3) is 4.35. The molecular weight excluding hydrogens is 305 g/mol. The molecule has 0 atom stereocenters. The van der Waals surface area contributed by atoms with Crippen molar-refractivity contribution in [2.75, 3.05) is 13.7 Å². The molecule has 3 nitrogen and oxygen atoms in total. The summed E-state index contributed by atoms with van der Waals surface area (Å²) in [5, 5.41) is 0. The normalized spacial score (nSPS) is 11.4. The number of rotatable bonds is 4. The molecule has 0 aliphatic carbocycles. The Kier molecular flexibility index (Phi) is 4.53. The first-order valence-electron chi connectivity index (χ1n) is 4.41. The maximum absolute atomic E-state index is 12.1. The van der Waals surface area contributed by atoms with E-state index < -0.39 is 17.9 Å². The van der Waals surface area contributed by atoms with Gasteiger partial charge < -0.3 is 9.47 Å².